The molecule has 1 saturated carbocycles. The van der Waals surface area contributed by atoms with Gasteiger partial charge < -0.3 is 10.4 Å². The van der Waals surface area contributed by atoms with Crippen molar-refractivity contribution in [1.82, 2.24) is 10.3 Å². The van der Waals surface area contributed by atoms with Gasteiger partial charge in [0.2, 0.25) is 0 Å². The van der Waals surface area contributed by atoms with Crippen LogP contribution in [-0.4, -0.2) is 22.5 Å². The van der Waals surface area contributed by atoms with Crippen LogP contribution in [0.5, 0.6) is 5.75 Å². The second kappa shape index (κ2) is 5.66. The highest BCUT2D eigenvalue weighted by Crippen LogP contribution is 2.23. The van der Waals surface area contributed by atoms with E-state index in [9.17, 15) is 9.90 Å². The van der Waals surface area contributed by atoms with Crippen LogP contribution in [0, 0.1) is 5.92 Å². The van der Waals surface area contributed by atoms with E-state index in [4.69, 9.17) is 0 Å². The van der Waals surface area contributed by atoms with Gasteiger partial charge in [-0.05, 0) is 30.9 Å². The summed E-state index contributed by atoms with van der Waals surface area (Å²) in [5.74, 6) is 0.237. The molecule has 0 aromatic carbocycles. The summed E-state index contributed by atoms with van der Waals surface area (Å²) in [6.07, 6.45) is 7.72. The van der Waals surface area contributed by atoms with Gasteiger partial charge in [-0.3, -0.25) is 4.79 Å². The molecule has 92 valence electrons. The Kier molecular flexibility index (Phi) is 3.96. The molecule has 4 heteroatoms. The van der Waals surface area contributed by atoms with E-state index in [1.54, 1.807) is 6.07 Å². The molecule has 17 heavy (non-hydrogen) atoms. The normalized spacial score (nSPS) is 16.7. The maximum atomic E-state index is 11.8. The minimum absolute atomic E-state index is 0.0614. The number of hydrogen-bond donors (Lipinski definition) is 2. The van der Waals surface area contributed by atoms with Crippen LogP contribution >= 0.6 is 0 Å². The van der Waals surface area contributed by atoms with Gasteiger partial charge in [-0.25, -0.2) is 4.98 Å². The zero-order chi connectivity index (χ0) is 12.1. The third kappa shape index (κ3) is 3.19. The fraction of sp³-hybridized carbons (Fsp3) is 0.538. The second-order valence-corrected chi connectivity index (χ2v) is 4.59. The van der Waals surface area contributed by atoms with Gasteiger partial charge in [0.15, 0.2) is 5.69 Å². The minimum atomic E-state index is -0.284. The monoisotopic (exact) mass is 234 g/mol. The van der Waals surface area contributed by atoms with E-state index in [1.165, 1.54) is 44.4 Å². The summed E-state index contributed by atoms with van der Waals surface area (Å²) < 4.78 is 0. The van der Waals surface area contributed by atoms with Gasteiger partial charge in [-0.2, -0.15) is 0 Å². The third-order valence-electron chi connectivity index (χ3n) is 3.28. The van der Waals surface area contributed by atoms with Crippen LogP contribution in [0.3, 0.4) is 0 Å². The van der Waals surface area contributed by atoms with Gasteiger partial charge in [0.25, 0.3) is 5.91 Å². The van der Waals surface area contributed by atoms with Crippen molar-refractivity contribution >= 4 is 5.91 Å². The maximum absolute atomic E-state index is 11.8. The Bertz CT molecular complexity index is 387. The Labute approximate surface area is 101 Å². The molecule has 0 unspecified atom stereocenters. The quantitative estimate of drug-likeness (QED) is 0.841. The molecule has 0 spiro atoms. The number of carbonyl (C=O) groups is 1. The van der Waals surface area contributed by atoms with Crippen LogP contribution < -0.4 is 5.32 Å². The molecule has 0 bridgehead atoms. The van der Waals surface area contributed by atoms with Crippen molar-refractivity contribution in [3.63, 3.8) is 0 Å². The van der Waals surface area contributed by atoms with E-state index in [2.05, 4.69) is 10.3 Å². The standard InChI is InChI=1S/C13H18N2O2/c16-11-7-4-8-14-12(11)13(17)15-9-10-5-2-1-3-6-10/h4,7-8,10,16H,1-3,5-6,9H2,(H,15,17). The number of aromatic nitrogens is 1. The molecule has 1 amide bonds. The van der Waals surface area contributed by atoms with Crippen molar-refractivity contribution in [3.8, 4) is 5.75 Å². The van der Waals surface area contributed by atoms with Crippen LogP contribution in [0.25, 0.3) is 0 Å². The van der Waals surface area contributed by atoms with Gasteiger partial charge in [-0.1, -0.05) is 19.3 Å². The van der Waals surface area contributed by atoms with Crippen LogP contribution in [0.1, 0.15) is 42.6 Å². The van der Waals surface area contributed by atoms with Crippen molar-refractivity contribution in [2.45, 2.75) is 32.1 Å². The Morgan fingerprint density at radius 2 is 2.18 bits per heavy atom. The molecule has 1 aromatic rings. The lowest BCUT2D eigenvalue weighted by Crippen LogP contribution is -2.30. The molecule has 2 rings (SSSR count). The van der Waals surface area contributed by atoms with Crippen LogP contribution in [-0.2, 0) is 0 Å². The molecular formula is C13H18N2O2. The number of amides is 1. The predicted octanol–water partition coefficient (Wildman–Crippen LogP) is 2.10. The highest BCUT2D eigenvalue weighted by Gasteiger charge is 2.16. The number of rotatable bonds is 3. The SMILES string of the molecule is O=C(NCC1CCCCC1)c1ncccc1O. The minimum Gasteiger partial charge on any atom is -0.505 e. The van der Waals surface area contributed by atoms with Crippen LogP contribution in [0.4, 0.5) is 0 Å². The number of carbonyl (C=O) groups excluding carboxylic acids is 1. The number of aromatic hydroxyl groups is 1. The van der Waals surface area contributed by atoms with E-state index in [-0.39, 0.29) is 17.4 Å². The van der Waals surface area contributed by atoms with Gasteiger partial charge in [0.1, 0.15) is 5.75 Å². The zero-order valence-electron chi connectivity index (χ0n) is 9.85. The first-order chi connectivity index (χ1) is 8.27. The molecule has 4 nitrogen and oxygen atoms in total. The summed E-state index contributed by atoms with van der Waals surface area (Å²) in [6.45, 7) is 0.689. The van der Waals surface area contributed by atoms with Crippen molar-refractivity contribution in [2.75, 3.05) is 6.54 Å². The van der Waals surface area contributed by atoms with E-state index in [0.717, 1.165) is 0 Å². The van der Waals surface area contributed by atoms with E-state index in [0.29, 0.717) is 12.5 Å². The smallest absolute Gasteiger partial charge is 0.273 e. The maximum Gasteiger partial charge on any atom is 0.273 e. The summed E-state index contributed by atoms with van der Waals surface area (Å²) in [4.78, 5) is 15.7. The number of nitrogens with one attached hydrogen (secondary N) is 1. The molecule has 1 aliphatic rings. The van der Waals surface area contributed by atoms with Crippen molar-refractivity contribution in [1.29, 1.82) is 0 Å². The molecule has 0 aliphatic heterocycles. The van der Waals surface area contributed by atoms with Crippen molar-refractivity contribution in [3.05, 3.63) is 24.0 Å². The largest absolute Gasteiger partial charge is 0.505 e. The third-order valence-corrected chi connectivity index (χ3v) is 3.28. The molecule has 1 fully saturated rings. The average Bonchev–Trinajstić information content (AvgIpc) is 2.38. The first-order valence-corrected chi connectivity index (χ1v) is 6.19. The summed E-state index contributed by atoms with van der Waals surface area (Å²) >= 11 is 0. The van der Waals surface area contributed by atoms with Crippen molar-refractivity contribution in [2.24, 2.45) is 5.92 Å². The lowest BCUT2D eigenvalue weighted by atomic mass is 9.89. The van der Waals surface area contributed by atoms with Gasteiger partial charge in [0, 0.05) is 12.7 Å². The number of hydrogen-bond acceptors (Lipinski definition) is 3. The first kappa shape index (κ1) is 11.9. The predicted molar refractivity (Wildman–Crippen MR) is 64.8 cm³/mol. The lowest BCUT2D eigenvalue weighted by Gasteiger charge is -2.21. The fourth-order valence-electron chi connectivity index (χ4n) is 2.28. The summed E-state index contributed by atoms with van der Waals surface area (Å²) in [7, 11) is 0. The molecule has 2 N–H and O–H groups in total. The molecular weight excluding hydrogens is 216 g/mol. The van der Waals surface area contributed by atoms with E-state index in [1.807, 2.05) is 0 Å². The molecule has 0 saturated heterocycles. The molecule has 0 atom stereocenters. The summed E-state index contributed by atoms with van der Waals surface area (Å²) in [5.41, 5.74) is 0.114. The van der Waals surface area contributed by atoms with E-state index < -0.39 is 0 Å². The Balaban J connectivity index is 1.87. The molecule has 1 aromatic heterocycles. The molecule has 0 radical (unpaired) electrons. The average molecular weight is 234 g/mol. The Morgan fingerprint density at radius 3 is 2.88 bits per heavy atom. The van der Waals surface area contributed by atoms with Crippen LogP contribution in [0.2, 0.25) is 0 Å². The van der Waals surface area contributed by atoms with Gasteiger partial charge >= 0.3 is 0 Å². The Hall–Kier alpha value is -1.58. The summed E-state index contributed by atoms with van der Waals surface area (Å²) in [5, 5.41) is 12.3. The highest BCUT2D eigenvalue weighted by molar-refractivity contribution is 5.94. The van der Waals surface area contributed by atoms with E-state index >= 15 is 0 Å². The first-order valence-electron chi connectivity index (χ1n) is 6.19. The van der Waals surface area contributed by atoms with Gasteiger partial charge in [-0.15, -0.1) is 0 Å². The molecule has 1 heterocycles. The lowest BCUT2D eigenvalue weighted by molar-refractivity contribution is 0.0935. The van der Waals surface area contributed by atoms with Gasteiger partial charge in [0.05, 0.1) is 0 Å². The second-order valence-electron chi connectivity index (χ2n) is 4.59. The highest BCUT2D eigenvalue weighted by atomic mass is 16.3. The summed E-state index contributed by atoms with van der Waals surface area (Å²) in [6, 6.07) is 3.08. The number of pyridine rings is 1. The van der Waals surface area contributed by atoms with Crippen molar-refractivity contribution < 1.29 is 9.90 Å². The number of nitrogens with zero attached hydrogens (tertiary/aromatic N) is 1. The fourth-order valence-corrected chi connectivity index (χ4v) is 2.28. The topological polar surface area (TPSA) is 62.2 Å². The zero-order valence-corrected chi connectivity index (χ0v) is 9.85. The molecule has 1 aliphatic carbocycles. The Morgan fingerprint density at radius 1 is 1.41 bits per heavy atom. The van der Waals surface area contributed by atoms with Crippen LogP contribution in [0.15, 0.2) is 18.3 Å².